The number of halogens is 2. The number of carbonyl (C=O) groups excluding carboxylic acids is 1. The molecule has 0 radical (unpaired) electrons. The number of benzene rings is 1. The zero-order valence-corrected chi connectivity index (χ0v) is 14.9. The van der Waals surface area contributed by atoms with Crippen LogP contribution in [0.1, 0.15) is 12.5 Å². The van der Waals surface area contributed by atoms with Crippen molar-refractivity contribution in [3.8, 4) is 0 Å². The summed E-state index contributed by atoms with van der Waals surface area (Å²) in [5.41, 5.74) is 1.21. The Morgan fingerprint density at radius 1 is 1.55 bits per heavy atom. The highest BCUT2D eigenvalue weighted by Crippen LogP contribution is 2.25. The molecule has 2 rings (SSSR count). The van der Waals surface area contributed by atoms with Crippen molar-refractivity contribution in [2.75, 3.05) is 25.4 Å². The van der Waals surface area contributed by atoms with E-state index in [2.05, 4.69) is 47.2 Å². The molecule has 20 heavy (non-hydrogen) atoms. The number of aryl methyl sites for hydroxylation is 1. The van der Waals surface area contributed by atoms with E-state index in [-0.39, 0.29) is 18.3 Å². The van der Waals surface area contributed by atoms with E-state index in [0.29, 0.717) is 11.8 Å². The topological polar surface area (TPSA) is 32.3 Å². The van der Waals surface area contributed by atoms with Crippen LogP contribution in [0, 0.1) is 6.92 Å². The highest BCUT2D eigenvalue weighted by molar-refractivity contribution is 9.10. The maximum atomic E-state index is 12.2. The monoisotopic (exact) mass is 378 g/mol. The summed E-state index contributed by atoms with van der Waals surface area (Å²) in [5.74, 6) is 0.758. The standard InChI is InChI=1S/C14H19BrN2OS.ClH/c1-10-7-12(15)3-4-13(10)19-9-14(18)17-6-5-16-8-11(17)2;/h3-4,7,11,16H,5-6,8-9H2,1-2H3;1H/t11-;/m0./s1. The minimum Gasteiger partial charge on any atom is -0.337 e. The maximum absolute atomic E-state index is 12.2. The molecule has 0 aliphatic carbocycles. The van der Waals surface area contributed by atoms with Crippen LogP contribution in [0.5, 0.6) is 0 Å². The van der Waals surface area contributed by atoms with Crippen molar-refractivity contribution in [2.45, 2.75) is 24.8 Å². The van der Waals surface area contributed by atoms with Crippen LogP contribution in [0.3, 0.4) is 0 Å². The summed E-state index contributed by atoms with van der Waals surface area (Å²) in [4.78, 5) is 15.4. The second-order valence-corrected chi connectivity index (χ2v) is 6.77. The summed E-state index contributed by atoms with van der Waals surface area (Å²) in [6.45, 7) is 6.79. The summed E-state index contributed by atoms with van der Waals surface area (Å²) in [5, 5.41) is 3.30. The first-order valence-corrected chi connectivity index (χ1v) is 8.25. The van der Waals surface area contributed by atoms with Gasteiger partial charge >= 0.3 is 0 Å². The molecule has 1 heterocycles. The molecule has 0 aromatic heterocycles. The molecule has 1 saturated heterocycles. The Labute approximate surface area is 139 Å². The molecule has 1 aromatic rings. The van der Waals surface area contributed by atoms with Crippen molar-refractivity contribution in [1.29, 1.82) is 0 Å². The van der Waals surface area contributed by atoms with Gasteiger partial charge < -0.3 is 10.2 Å². The molecule has 1 N–H and O–H groups in total. The predicted octanol–water partition coefficient (Wildman–Crippen LogP) is 3.09. The van der Waals surface area contributed by atoms with Gasteiger partial charge in [-0.05, 0) is 37.6 Å². The molecule has 1 aliphatic rings. The number of carbonyl (C=O) groups is 1. The lowest BCUT2D eigenvalue weighted by Crippen LogP contribution is -2.52. The molecule has 0 saturated carbocycles. The van der Waals surface area contributed by atoms with Gasteiger partial charge in [0, 0.05) is 35.0 Å². The average molecular weight is 380 g/mol. The number of nitrogens with zero attached hydrogens (tertiary/aromatic N) is 1. The molecule has 0 unspecified atom stereocenters. The van der Waals surface area contributed by atoms with E-state index in [9.17, 15) is 4.79 Å². The predicted molar refractivity (Wildman–Crippen MR) is 90.9 cm³/mol. The smallest absolute Gasteiger partial charge is 0.233 e. The van der Waals surface area contributed by atoms with Gasteiger partial charge in [0.2, 0.25) is 5.91 Å². The molecule has 0 bridgehead atoms. The Bertz CT molecular complexity index is 472. The normalized spacial score (nSPS) is 18.6. The van der Waals surface area contributed by atoms with E-state index in [1.807, 2.05) is 11.0 Å². The van der Waals surface area contributed by atoms with Gasteiger partial charge in [0.05, 0.1) is 5.75 Å². The molecular formula is C14H20BrClN2OS. The number of rotatable bonds is 3. The quantitative estimate of drug-likeness (QED) is 0.819. The average Bonchev–Trinajstić information content (AvgIpc) is 2.38. The highest BCUT2D eigenvalue weighted by atomic mass is 79.9. The Morgan fingerprint density at radius 3 is 2.95 bits per heavy atom. The van der Waals surface area contributed by atoms with Gasteiger partial charge in [-0.25, -0.2) is 0 Å². The number of thioether (sulfide) groups is 1. The number of piperazine rings is 1. The number of amides is 1. The summed E-state index contributed by atoms with van der Waals surface area (Å²) in [6.07, 6.45) is 0. The van der Waals surface area contributed by atoms with Crippen LogP contribution in [-0.2, 0) is 4.79 Å². The Kier molecular flexibility index (Phi) is 7.37. The Hall–Kier alpha value is -0.230. The van der Waals surface area contributed by atoms with Crippen molar-refractivity contribution < 1.29 is 4.79 Å². The molecule has 1 atom stereocenters. The fourth-order valence-electron chi connectivity index (χ4n) is 2.21. The molecule has 112 valence electrons. The van der Waals surface area contributed by atoms with Gasteiger partial charge in [-0.15, -0.1) is 24.2 Å². The molecule has 1 amide bonds. The first-order chi connectivity index (χ1) is 9.08. The summed E-state index contributed by atoms with van der Waals surface area (Å²) < 4.78 is 1.08. The van der Waals surface area contributed by atoms with Crippen molar-refractivity contribution in [2.24, 2.45) is 0 Å². The first kappa shape index (κ1) is 17.8. The Morgan fingerprint density at radius 2 is 2.30 bits per heavy atom. The molecule has 6 heteroatoms. The van der Waals surface area contributed by atoms with Crippen LogP contribution in [-0.4, -0.2) is 42.2 Å². The maximum Gasteiger partial charge on any atom is 0.233 e. The van der Waals surface area contributed by atoms with Crippen LogP contribution in [0.25, 0.3) is 0 Å². The zero-order chi connectivity index (χ0) is 13.8. The van der Waals surface area contributed by atoms with Gasteiger partial charge in [0.25, 0.3) is 0 Å². The summed E-state index contributed by atoms with van der Waals surface area (Å²) in [6, 6.07) is 6.47. The SMILES string of the molecule is Cc1cc(Br)ccc1SCC(=O)N1CCNC[C@@H]1C.Cl. The second-order valence-electron chi connectivity index (χ2n) is 4.84. The molecule has 1 aliphatic heterocycles. The number of hydrogen-bond acceptors (Lipinski definition) is 3. The van der Waals surface area contributed by atoms with Gasteiger partial charge in [-0.1, -0.05) is 15.9 Å². The van der Waals surface area contributed by atoms with E-state index in [1.54, 1.807) is 11.8 Å². The van der Waals surface area contributed by atoms with Gasteiger partial charge in [0.15, 0.2) is 0 Å². The zero-order valence-electron chi connectivity index (χ0n) is 11.7. The molecule has 1 aromatic carbocycles. The third kappa shape index (κ3) is 4.65. The lowest BCUT2D eigenvalue weighted by atomic mass is 10.2. The summed E-state index contributed by atoms with van der Waals surface area (Å²) >= 11 is 5.08. The number of hydrogen-bond donors (Lipinski definition) is 1. The third-order valence-corrected chi connectivity index (χ3v) is 4.96. The van der Waals surface area contributed by atoms with Gasteiger partial charge in [-0.2, -0.15) is 0 Å². The first-order valence-electron chi connectivity index (χ1n) is 6.47. The van der Waals surface area contributed by atoms with Crippen molar-refractivity contribution >= 4 is 46.0 Å². The van der Waals surface area contributed by atoms with Crippen molar-refractivity contribution in [3.63, 3.8) is 0 Å². The van der Waals surface area contributed by atoms with Crippen LogP contribution in [0.2, 0.25) is 0 Å². The largest absolute Gasteiger partial charge is 0.337 e. The highest BCUT2D eigenvalue weighted by Gasteiger charge is 2.22. The molecule has 0 spiro atoms. The van der Waals surface area contributed by atoms with Gasteiger partial charge in [0.1, 0.15) is 0 Å². The van der Waals surface area contributed by atoms with Crippen LogP contribution in [0.4, 0.5) is 0 Å². The van der Waals surface area contributed by atoms with E-state index in [0.717, 1.165) is 24.1 Å². The number of nitrogens with one attached hydrogen (secondary N) is 1. The molecular weight excluding hydrogens is 360 g/mol. The fraction of sp³-hybridized carbons (Fsp3) is 0.500. The van der Waals surface area contributed by atoms with E-state index in [4.69, 9.17) is 0 Å². The van der Waals surface area contributed by atoms with E-state index < -0.39 is 0 Å². The van der Waals surface area contributed by atoms with Crippen LogP contribution in [0.15, 0.2) is 27.6 Å². The van der Waals surface area contributed by atoms with E-state index >= 15 is 0 Å². The van der Waals surface area contributed by atoms with Crippen LogP contribution < -0.4 is 5.32 Å². The van der Waals surface area contributed by atoms with Gasteiger partial charge in [-0.3, -0.25) is 4.79 Å². The fourth-order valence-corrected chi connectivity index (χ4v) is 3.58. The molecule has 1 fully saturated rings. The minimum absolute atomic E-state index is 0. The molecule has 3 nitrogen and oxygen atoms in total. The minimum atomic E-state index is 0. The second kappa shape index (κ2) is 8.27. The van der Waals surface area contributed by atoms with E-state index in [1.165, 1.54) is 10.5 Å². The Balaban J connectivity index is 0.00000200. The lowest BCUT2D eigenvalue weighted by Gasteiger charge is -2.34. The van der Waals surface area contributed by atoms with Crippen LogP contribution >= 0.6 is 40.1 Å². The third-order valence-electron chi connectivity index (χ3n) is 3.31. The lowest BCUT2D eigenvalue weighted by molar-refractivity contribution is -0.131. The van der Waals surface area contributed by atoms with Crippen molar-refractivity contribution in [1.82, 2.24) is 10.2 Å². The summed E-state index contributed by atoms with van der Waals surface area (Å²) in [7, 11) is 0. The van der Waals surface area contributed by atoms with Crippen molar-refractivity contribution in [3.05, 3.63) is 28.2 Å².